The first-order chi connectivity index (χ1) is 11.3. The molecule has 1 unspecified atom stereocenters. The van der Waals surface area contributed by atoms with Crippen LogP contribution in [0.5, 0.6) is 5.75 Å². The average molecular weight is 312 g/mol. The molecule has 2 aromatic rings. The van der Waals surface area contributed by atoms with E-state index < -0.39 is 0 Å². The fourth-order valence-electron chi connectivity index (χ4n) is 3.76. The second kappa shape index (κ2) is 6.28. The molecule has 1 aliphatic heterocycles. The number of hydrogen-bond acceptors (Lipinski definition) is 3. The van der Waals surface area contributed by atoms with E-state index in [1.54, 1.807) is 12.1 Å². The van der Waals surface area contributed by atoms with Crippen molar-refractivity contribution in [3.63, 3.8) is 0 Å². The van der Waals surface area contributed by atoms with E-state index in [2.05, 4.69) is 16.0 Å². The molecule has 0 N–H and O–H groups in total. The van der Waals surface area contributed by atoms with Crippen LogP contribution in [0.2, 0.25) is 0 Å². The van der Waals surface area contributed by atoms with Crippen LogP contribution >= 0.6 is 0 Å². The smallest absolute Gasteiger partial charge is 0.123 e. The van der Waals surface area contributed by atoms with Gasteiger partial charge in [-0.15, -0.1) is 0 Å². The van der Waals surface area contributed by atoms with Gasteiger partial charge in [0.25, 0.3) is 0 Å². The van der Waals surface area contributed by atoms with Crippen molar-refractivity contribution in [3.8, 4) is 5.75 Å². The maximum absolute atomic E-state index is 12.9. The van der Waals surface area contributed by atoms with Gasteiger partial charge in [-0.1, -0.05) is 6.07 Å². The van der Waals surface area contributed by atoms with Crippen LogP contribution in [0.15, 0.2) is 42.6 Å². The van der Waals surface area contributed by atoms with Gasteiger partial charge in [0.1, 0.15) is 17.7 Å². The van der Waals surface area contributed by atoms with Crippen LogP contribution in [0, 0.1) is 5.82 Å². The SMILES string of the molecule is Fc1ccc(O[C@@H]2CCN(CC3CCc4ncccc43)C2)cc1. The molecular formula is C19H21FN2O. The number of aryl methyl sites for hydroxylation is 1. The van der Waals surface area contributed by atoms with E-state index in [9.17, 15) is 4.39 Å². The second-order valence-electron chi connectivity index (χ2n) is 6.52. The van der Waals surface area contributed by atoms with Crippen molar-refractivity contribution in [1.29, 1.82) is 0 Å². The highest BCUT2D eigenvalue weighted by molar-refractivity contribution is 5.29. The fraction of sp³-hybridized carbons (Fsp3) is 0.421. The molecule has 120 valence electrons. The summed E-state index contributed by atoms with van der Waals surface area (Å²) in [6.07, 6.45) is 5.43. The third-order valence-corrected chi connectivity index (χ3v) is 4.92. The van der Waals surface area contributed by atoms with Gasteiger partial charge in [0, 0.05) is 31.5 Å². The van der Waals surface area contributed by atoms with Crippen LogP contribution in [0.25, 0.3) is 0 Å². The summed E-state index contributed by atoms with van der Waals surface area (Å²) in [5, 5.41) is 0. The highest BCUT2D eigenvalue weighted by Crippen LogP contribution is 2.33. The predicted octanol–water partition coefficient (Wildman–Crippen LogP) is 3.40. The largest absolute Gasteiger partial charge is 0.489 e. The van der Waals surface area contributed by atoms with Crippen LogP contribution in [0.3, 0.4) is 0 Å². The Morgan fingerprint density at radius 3 is 2.91 bits per heavy atom. The number of ether oxygens (including phenoxy) is 1. The summed E-state index contributed by atoms with van der Waals surface area (Å²) in [4.78, 5) is 6.98. The van der Waals surface area contributed by atoms with Gasteiger partial charge in [-0.05, 0) is 61.1 Å². The zero-order valence-electron chi connectivity index (χ0n) is 13.1. The van der Waals surface area contributed by atoms with Crippen LogP contribution in [-0.2, 0) is 6.42 Å². The molecule has 0 bridgehead atoms. The van der Waals surface area contributed by atoms with Crippen molar-refractivity contribution >= 4 is 0 Å². The number of aromatic nitrogens is 1. The van der Waals surface area contributed by atoms with Gasteiger partial charge < -0.3 is 4.74 Å². The topological polar surface area (TPSA) is 25.4 Å². The molecule has 2 atom stereocenters. The molecule has 23 heavy (non-hydrogen) atoms. The molecule has 0 amide bonds. The molecule has 1 aromatic heterocycles. The highest BCUT2D eigenvalue weighted by atomic mass is 19.1. The molecule has 0 spiro atoms. The van der Waals surface area contributed by atoms with Crippen LogP contribution in [-0.4, -0.2) is 35.6 Å². The maximum Gasteiger partial charge on any atom is 0.123 e. The molecule has 2 heterocycles. The predicted molar refractivity (Wildman–Crippen MR) is 87.2 cm³/mol. The lowest BCUT2D eigenvalue weighted by atomic mass is 10.0. The molecule has 2 aliphatic rings. The number of pyridine rings is 1. The van der Waals surface area contributed by atoms with Gasteiger partial charge >= 0.3 is 0 Å². The zero-order chi connectivity index (χ0) is 15.6. The Bertz CT molecular complexity index is 673. The zero-order valence-corrected chi connectivity index (χ0v) is 13.1. The number of halogens is 1. The first kappa shape index (κ1) is 14.6. The molecule has 4 heteroatoms. The first-order valence-corrected chi connectivity index (χ1v) is 8.36. The van der Waals surface area contributed by atoms with Crippen molar-refractivity contribution in [3.05, 3.63) is 59.7 Å². The molecular weight excluding hydrogens is 291 g/mol. The minimum absolute atomic E-state index is 0.204. The monoisotopic (exact) mass is 312 g/mol. The molecule has 1 aliphatic carbocycles. The quantitative estimate of drug-likeness (QED) is 0.865. The molecule has 0 saturated carbocycles. The van der Waals surface area contributed by atoms with Crippen LogP contribution in [0.4, 0.5) is 4.39 Å². The van der Waals surface area contributed by atoms with Crippen molar-refractivity contribution in [2.45, 2.75) is 31.3 Å². The summed E-state index contributed by atoms with van der Waals surface area (Å²) in [6.45, 7) is 3.10. The minimum Gasteiger partial charge on any atom is -0.489 e. The van der Waals surface area contributed by atoms with E-state index in [0.717, 1.165) is 38.2 Å². The summed E-state index contributed by atoms with van der Waals surface area (Å²) in [7, 11) is 0. The molecule has 4 rings (SSSR count). The van der Waals surface area contributed by atoms with E-state index in [4.69, 9.17) is 4.74 Å². The maximum atomic E-state index is 12.9. The number of fused-ring (bicyclic) bond motifs is 1. The Morgan fingerprint density at radius 1 is 1.17 bits per heavy atom. The summed E-state index contributed by atoms with van der Waals surface area (Å²) < 4.78 is 18.9. The Hall–Kier alpha value is -1.94. The Balaban J connectivity index is 1.33. The van der Waals surface area contributed by atoms with Crippen molar-refractivity contribution in [2.24, 2.45) is 0 Å². The Kier molecular flexibility index (Phi) is 4.00. The number of benzene rings is 1. The normalized spacial score (nSPS) is 23.9. The number of likely N-dealkylation sites (tertiary alicyclic amines) is 1. The molecule has 1 fully saturated rings. The second-order valence-corrected chi connectivity index (χ2v) is 6.52. The highest BCUT2D eigenvalue weighted by Gasteiger charge is 2.29. The molecule has 1 saturated heterocycles. The van der Waals surface area contributed by atoms with Gasteiger partial charge in [-0.3, -0.25) is 9.88 Å². The lowest BCUT2D eigenvalue weighted by Gasteiger charge is -2.21. The van der Waals surface area contributed by atoms with Gasteiger partial charge in [0.05, 0.1) is 0 Å². The van der Waals surface area contributed by atoms with E-state index in [1.807, 2.05) is 12.3 Å². The van der Waals surface area contributed by atoms with Gasteiger partial charge in [0.15, 0.2) is 0 Å². The summed E-state index contributed by atoms with van der Waals surface area (Å²) in [6, 6.07) is 10.6. The van der Waals surface area contributed by atoms with E-state index in [0.29, 0.717) is 5.92 Å². The van der Waals surface area contributed by atoms with E-state index in [1.165, 1.54) is 29.8 Å². The molecule has 0 radical (unpaired) electrons. The molecule has 1 aromatic carbocycles. The lowest BCUT2D eigenvalue weighted by Crippen LogP contribution is -2.28. The van der Waals surface area contributed by atoms with Crippen LogP contribution in [0.1, 0.15) is 30.0 Å². The van der Waals surface area contributed by atoms with Crippen molar-refractivity contribution in [2.75, 3.05) is 19.6 Å². The average Bonchev–Trinajstić information content (AvgIpc) is 3.18. The summed E-state index contributed by atoms with van der Waals surface area (Å²) in [5.41, 5.74) is 2.70. The van der Waals surface area contributed by atoms with Crippen molar-refractivity contribution < 1.29 is 9.13 Å². The standard InChI is InChI=1S/C19H21FN2O/c20-15-4-6-16(7-5-15)23-17-9-11-22(13-17)12-14-3-8-19-18(14)2-1-10-21-19/h1-2,4-7,10,14,17H,3,8-9,11-13H2/t14?,17-/m1/s1. The first-order valence-electron chi connectivity index (χ1n) is 8.36. The third-order valence-electron chi connectivity index (χ3n) is 4.92. The fourth-order valence-corrected chi connectivity index (χ4v) is 3.76. The Morgan fingerprint density at radius 2 is 2.04 bits per heavy atom. The third kappa shape index (κ3) is 3.22. The lowest BCUT2D eigenvalue weighted by molar-refractivity contribution is 0.197. The number of rotatable bonds is 4. The minimum atomic E-state index is -0.223. The Labute approximate surface area is 136 Å². The number of nitrogens with zero attached hydrogens (tertiary/aromatic N) is 2. The molecule has 3 nitrogen and oxygen atoms in total. The van der Waals surface area contributed by atoms with Gasteiger partial charge in [-0.2, -0.15) is 0 Å². The van der Waals surface area contributed by atoms with Gasteiger partial charge in [0.2, 0.25) is 0 Å². The summed E-state index contributed by atoms with van der Waals surface area (Å²) >= 11 is 0. The number of hydrogen-bond donors (Lipinski definition) is 0. The summed E-state index contributed by atoms with van der Waals surface area (Å²) in [5.74, 6) is 1.14. The van der Waals surface area contributed by atoms with Crippen molar-refractivity contribution in [1.82, 2.24) is 9.88 Å². The van der Waals surface area contributed by atoms with E-state index in [-0.39, 0.29) is 11.9 Å². The van der Waals surface area contributed by atoms with Gasteiger partial charge in [-0.25, -0.2) is 4.39 Å². The van der Waals surface area contributed by atoms with E-state index >= 15 is 0 Å². The van der Waals surface area contributed by atoms with Crippen LogP contribution < -0.4 is 4.74 Å².